The predicted molar refractivity (Wildman–Crippen MR) is 30.8 cm³/mol. The summed E-state index contributed by atoms with van der Waals surface area (Å²) in [6.45, 7) is 0.413. The summed E-state index contributed by atoms with van der Waals surface area (Å²) in [4.78, 5) is 0. The number of hydrogen-bond acceptors (Lipinski definition) is 3. The van der Waals surface area contributed by atoms with Gasteiger partial charge in [0.05, 0.1) is 0 Å². The van der Waals surface area contributed by atoms with Crippen molar-refractivity contribution in [1.82, 2.24) is 4.72 Å². The molecule has 58 valence electrons. The highest BCUT2D eigenvalue weighted by molar-refractivity contribution is 8.01. The number of nitrogens with one attached hydrogen (secondary N) is 1. The molecule has 0 fully saturated rings. The lowest BCUT2D eigenvalue weighted by Crippen LogP contribution is -2.11. The molecule has 0 unspecified atom stereocenters. The van der Waals surface area contributed by atoms with Crippen LogP contribution in [0.15, 0.2) is 11.2 Å². The molecule has 1 rings (SSSR count). The average Bonchev–Trinajstić information content (AvgIpc) is 2.12. The van der Waals surface area contributed by atoms with Crippen LogP contribution in [0.2, 0.25) is 0 Å². The molecule has 2 nitrogen and oxygen atoms in total. The Kier molecular flexibility index (Phi) is 2.10. The third kappa shape index (κ3) is 2.49. The number of alkyl halides is 3. The molecule has 1 N–H and O–H groups in total. The highest BCUT2D eigenvalue weighted by atomic mass is 32.2. The lowest BCUT2D eigenvalue weighted by Gasteiger charge is -2.06. The van der Waals surface area contributed by atoms with E-state index in [0.29, 0.717) is 6.54 Å². The van der Waals surface area contributed by atoms with Gasteiger partial charge < -0.3 is 4.74 Å². The van der Waals surface area contributed by atoms with Crippen LogP contribution in [0, 0.1) is 0 Å². The summed E-state index contributed by atoms with van der Waals surface area (Å²) in [5.74, 6) is 0. The quantitative estimate of drug-likeness (QED) is 0.605. The molecular weight excluding hydrogens is 167 g/mol. The molecule has 0 aromatic rings. The van der Waals surface area contributed by atoms with E-state index in [1.165, 1.54) is 6.08 Å². The highest BCUT2D eigenvalue weighted by Crippen LogP contribution is 2.27. The normalized spacial score (nSPS) is 18.9. The van der Waals surface area contributed by atoms with Crippen molar-refractivity contribution in [3.05, 3.63) is 11.2 Å². The molecule has 0 radical (unpaired) electrons. The van der Waals surface area contributed by atoms with Gasteiger partial charge >= 0.3 is 6.36 Å². The molecular formula is C4H4F3NOS. The Balaban J connectivity index is 2.38. The maximum Gasteiger partial charge on any atom is 0.573 e. The monoisotopic (exact) mass is 171 g/mol. The van der Waals surface area contributed by atoms with Crippen LogP contribution in [0.4, 0.5) is 13.2 Å². The molecule has 0 atom stereocenters. The number of halogens is 3. The summed E-state index contributed by atoms with van der Waals surface area (Å²) in [6.07, 6.45) is -3.23. The second-order valence-corrected chi connectivity index (χ2v) is 2.42. The van der Waals surface area contributed by atoms with E-state index in [0.717, 1.165) is 11.9 Å². The molecule has 0 saturated carbocycles. The van der Waals surface area contributed by atoms with Crippen molar-refractivity contribution in [2.24, 2.45) is 0 Å². The third-order valence-corrected chi connectivity index (χ3v) is 1.50. The standard InChI is InChI=1S/C4H4F3NOS/c5-4(6,7)9-3-1-2-8-10-3/h1,8H,2H2. The number of rotatable bonds is 1. The maximum absolute atomic E-state index is 11.4. The van der Waals surface area contributed by atoms with E-state index < -0.39 is 6.36 Å². The molecule has 0 bridgehead atoms. The highest BCUT2D eigenvalue weighted by Gasteiger charge is 2.32. The Morgan fingerprint density at radius 3 is 2.70 bits per heavy atom. The Hall–Kier alpha value is -0.360. The van der Waals surface area contributed by atoms with Crippen LogP contribution >= 0.6 is 11.9 Å². The molecule has 1 aliphatic heterocycles. The first-order valence-corrected chi connectivity index (χ1v) is 3.25. The maximum atomic E-state index is 11.4. The second-order valence-electron chi connectivity index (χ2n) is 1.52. The van der Waals surface area contributed by atoms with E-state index in [-0.39, 0.29) is 5.09 Å². The summed E-state index contributed by atoms with van der Waals surface area (Å²) >= 11 is 0.838. The smallest absolute Gasteiger partial charge is 0.398 e. The summed E-state index contributed by atoms with van der Waals surface area (Å²) in [7, 11) is 0. The SMILES string of the molecule is FC(F)(F)OC1=CCNS1. The third-order valence-electron chi connectivity index (χ3n) is 0.741. The molecule has 0 aliphatic carbocycles. The van der Waals surface area contributed by atoms with E-state index in [9.17, 15) is 13.2 Å². The van der Waals surface area contributed by atoms with Gasteiger partial charge in [0.15, 0.2) is 5.09 Å². The van der Waals surface area contributed by atoms with E-state index in [2.05, 4.69) is 9.46 Å². The summed E-state index contributed by atoms with van der Waals surface area (Å²) < 4.78 is 40.4. The van der Waals surface area contributed by atoms with Crippen molar-refractivity contribution in [3.63, 3.8) is 0 Å². The minimum atomic E-state index is -4.56. The summed E-state index contributed by atoms with van der Waals surface area (Å²) in [5.41, 5.74) is 0. The average molecular weight is 171 g/mol. The van der Waals surface area contributed by atoms with Crippen molar-refractivity contribution in [1.29, 1.82) is 0 Å². The summed E-state index contributed by atoms with van der Waals surface area (Å²) in [6, 6.07) is 0. The Morgan fingerprint density at radius 1 is 1.60 bits per heavy atom. The van der Waals surface area contributed by atoms with Gasteiger partial charge in [0.25, 0.3) is 0 Å². The molecule has 6 heteroatoms. The fraction of sp³-hybridized carbons (Fsp3) is 0.500. The minimum absolute atomic E-state index is 0.132. The van der Waals surface area contributed by atoms with Gasteiger partial charge in [-0.2, -0.15) is 0 Å². The Labute approximate surface area is 59.6 Å². The van der Waals surface area contributed by atoms with Crippen molar-refractivity contribution in [2.75, 3.05) is 6.54 Å². The first kappa shape index (κ1) is 7.74. The lowest BCUT2D eigenvalue weighted by atomic mass is 10.6. The van der Waals surface area contributed by atoms with E-state index >= 15 is 0 Å². The molecule has 0 aromatic carbocycles. The van der Waals surface area contributed by atoms with Gasteiger partial charge in [-0.05, 0) is 18.0 Å². The van der Waals surface area contributed by atoms with Crippen molar-refractivity contribution in [3.8, 4) is 0 Å². The fourth-order valence-corrected chi connectivity index (χ4v) is 1.07. The van der Waals surface area contributed by atoms with Crippen LogP contribution in [0.3, 0.4) is 0 Å². The zero-order chi connectivity index (χ0) is 7.61. The van der Waals surface area contributed by atoms with Gasteiger partial charge in [-0.1, -0.05) is 0 Å². The van der Waals surface area contributed by atoms with E-state index in [1.54, 1.807) is 0 Å². The number of ether oxygens (including phenoxy) is 1. The molecule has 0 amide bonds. The van der Waals surface area contributed by atoms with Crippen LogP contribution < -0.4 is 4.72 Å². The number of hydrogen-bond donors (Lipinski definition) is 1. The van der Waals surface area contributed by atoms with E-state index in [4.69, 9.17) is 0 Å². The van der Waals surface area contributed by atoms with Gasteiger partial charge in [-0.15, -0.1) is 13.2 Å². The molecule has 10 heavy (non-hydrogen) atoms. The van der Waals surface area contributed by atoms with Crippen LogP contribution in [0.1, 0.15) is 0 Å². The molecule has 1 aliphatic rings. The van der Waals surface area contributed by atoms with Crippen LogP contribution in [-0.4, -0.2) is 12.9 Å². The van der Waals surface area contributed by atoms with Crippen molar-refractivity contribution < 1.29 is 17.9 Å². The second kappa shape index (κ2) is 2.71. The van der Waals surface area contributed by atoms with Crippen LogP contribution in [-0.2, 0) is 4.74 Å². The van der Waals surface area contributed by atoms with Crippen LogP contribution in [0.5, 0.6) is 0 Å². The van der Waals surface area contributed by atoms with Gasteiger partial charge in [0, 0.05) is 6.54 Å². The van der Waals surface area contributed by atoms with Gasteiger partial charge in [0.1, 0.15) is 0 Å². The molecule has 1 heterocycles. The molecule has 0 spiro atoms. The largest absolute Gasteiger partial charge is 0.573 e. The van der Waals surface area contributed by atoms with E-state index in [1.807, 2.05) is 0 Å². The minimum Gasteiger partial charge on any atom is -0.398 e. The Morgan fingerprint density at radius 2 is 2.30 bits per heavy atom. The van der Waals surface area contributed by atoms with Gasteiger partial charge in [-0.25, -0.2) is 0 Å². The Bertz CT molecular complexity index is 155. The molecule has 0 aromatic heterocycles. The zero-order valence-electron chi connectivity index (χ0n) is 4.73. The van der Waals surface area contributed by atoms with Crippen molar-refractivity contribution in [2.45, 2.75) is 6.36 Å². The first-order chi connectivity index (χ1) is 4.58. The predicted octanol–water partition coefficient (Wildman–Crippen LogP) is 1.62. The zero-order valence-corrected chi connectivity index (χ0v) is 5.55. The lowest BCUT2D eigenvalue weighted by molar-refractivity contribution is -0.300. The summed E-state index contributed by atoms with van der Waals surface area (Å²) in [5, 5.41) is -0.132. The van der Waals surface area contributed by atoms with Crippen LogP contribution in [0.25, 0.3) is 0 Å². The first-order valence-electron chi connectivity index (χ1n) is 2.43. The topological polar surface area (TPSA) is 21.3 Å². The van der Waals surface area contributed by atoms with Gasteiger partial charge in [0.2, 0.25) is 0 Å². The molecule has 0 saturated heterocycles. The van der Waals surface area contributed by atoms with Crippen molar-refractivity contribution >= 4 is 11.9 Å². The van der Waals surface area contributed by atoms with Gasteiger partial charge in [-0.3, -0.25) is 4.72 Å². The fourth-order valence-electron chi connectivity index (χ4n) is 0.456.